The SMILES string of the molecule is CC(=O)Nc1cccc(C(C)Nc2cc(Br)ccc2F)c1. The van der Waals surface area contributed by atoms with Crippen LogP contribution in [0.1, 0.15) is 25.5 Å². The molecule has 0 heterocycles. The fourth-order valence-electron chi connectivity index (χ4n) is 2.01. The molecule has 5 heteroatoms. The molecule has 21 heavy (non-hydrogen) atoms. The summed E-state index contributed by atoms with van der Waals surface area (Å²) in [6, 6.07) is 12.1. The van der Waals surface area contributed by atoms with Crippen LogP contribution in [-0.4, -0.2) is 5.91 Å². The molecule has 1 unspecified atom stereocenters. The van der Waals surface area contributed by atoms with Gasteiger partial charge in [0.15, 0.2) is 0 Å². The van der Waals surface area contributed by atoms with Crippen LogP contribution in [0.15, 0.2) is 46.9 Å². The van der Waals surface area contributed by atoms with Gasteiger partial charge in [0, 0.05) is 23.1 Å². The van der Waals surface area contributed by atoms with E-state index in [0.29, 0.717) is 5.69 Å². The van der Waals surface area contributed by atoms with Gasteiger partial charge in [-0.15, -0.1) is 0 Å². The molecule has 1 atom stereocenters. The van der Waals surface area contributed by atoms with Gasteiger partial charge in [-0.3, -0.25) is 4.79 Å². The van der Waals surface area contributed by atoms with Crippen LogP contribution in [0.3, 0.4) is 0 Å². The Hall–Kier alpha value is -1.88. The molecule has 0 bridgehead atoms. The number of hydrogen-bond donors (Lipinski definition) is 2. The number of anilines is 2. The summed E-state index contributed by atoms with van der Waals surface area (Å²) in [6.45, 7) is 3.40. The zero-order chi connectivity index (χ0) is 15.4. The molecule has 1 amide bonds. The highest BCUT2D eigenvalue weighted by molar-refractivity contribution is 9.10. The van der Waals surface area contributed by atoms with E-state index in [-0.39, 0.29) is 17.8 Å². The second-order valence-electron chi connectivity index (χ2n) is 4.80. The Morgan fingerprint density at radius 1 is 1.24 bits per heavy atom. The van der Waals surface area contributed by atoms with E-state index in [1.165, 1.54) is 13.0 Å². The molecule has 0 aliphatic heterocycles. The number of nitrogens with one attached hydrogen (secondary N) is 2. The highest BCUT2D eigenvalue weighted by Crippen LogP contribution is 2.26. The predicted molar refractivity (Wildman–Crippen MR) is 86.9 cm³/mol. The van der Waals surface area contributed by atoms with Gasteiger partial charge in [0.1, 0.15) is 5.82 Å². The first-order valence-corrected chi connectivity index (χ1v) is 7.34. The summed E-state index contributed by atoms with van der Waals surface area (Å²) in [5.41, 5.74) is 2.12. The summed E-state index contributed by atoms with van der Waals surface area (Å²) in [7, 11) is 0. The quantitative estimate of drug-likeness (QED) is 0.837. The molecular weight excluding hydrogens is 335 g/mol. The van der Waals surface area contributed by atoms with Crippen molar-refractivity contribution in [3.63, 3.8) is 0 Å². The third-order valence-corrected chi connectivity index (χ3v) is 3.50. The molecule has 0 aromatic heterocycles. The highest BCUT2D eigenvalue weighted by atomic mass is 79.9. The van der Waals surface area contributed by atoms with E-state index < -0.39 is 0 Å². The molecule has 2 aromatic carbocycles. The molecule has 2 rings (SSSR count). The average Bonchev–Trinajstić information content (AvgIpc) is 2.42. The van der Waals surface area contributed by atoms with Gasteiger partial charge in [0.2, 0.25) is 5.91 Å². The molecular formula is C16H16BrFN2O. The molecule has 0 spiro atoms. The lowest BCUT2D eigenvalue weighted by molar-refractivity contribution is -0.114. The van der Waals surface area contributed by atoms with Crippen LogP contribution >= 0.6 is 15.9 Å². The van der Waals surface area contributed by atoms with Crippen molar-refractivity contribution in [3.05, 3.63) is 58.3 Å². The van der Waals surface area contributed by atoms with E-state index in [0.717, 1.165) is 15.7 Å². The monoisotopic (exact) mass is 350 g/mol. The van der Waals surface area contributed by atoms with E-state index in [9.17, 15) is 9.18 Å². The third-order valence-electron chi connectivity index (χ3n) is 3.01. The lowest BCUT2D eigenvalue weighted by atomic mass is 10.1. The molecule has 0 saturated carbocycles. The van der Waals surface area contributed by atoms with Crippen molar-refractivity contribution in [3.8, 4) is 0 Å². The van der Waals surface area contributed by atoms with Crippen LogP contribution in [0.2, 0.25) is 0 Å². The summed E-state index contributed by atoms with van der Waals surface area (Å²) in [4.78, 5) is 11.1. The molecule has 2 aromatic rings. The van der Waals surface area contributed by atoms with Crippen LogP contribution in [0, 0.1) is 5.82 Å². The van der Waals surface area contributed by atoms with Gasteiger partial charge >= 0.3 is 0 Å². The van der Waals surface area contributed by atoms with Crippen LogP contribution in [0.5, 0.6) is 0 Å². The number of carbonyl (C=O) groups is 1. The highest BCUT2D eigenvalue weighted by Gasteiger charge is 2.10. The maximum absolute atomic E-state index is 13.8. The van der Waals surface area contributed by atoms with Crippen LogP contribution in [-0.2, 0) is 4.79 Å². The second-order valence-corrected chi connectivity index (χ2v) is 5.71. The van der Waals surface area contributed by atoms with Gasteiger partial charge in [-0.25, -0.2) is 4.39 Å². The standard InChI is InChI=1S/C16H16BrFN2O/c1-10(19-16-9-13(17)6-7-15(16)18)12-4-3-5-14(8-12)20-11(2)21/h3-10,19H,1-2H3,(H,20,21). The van der Waals surface area contributed by atoms with Crippen molar-refractivity contribution in [2.75, 3.05) is 10.6 Å². The van der Waals surface area contributed by atoms with Crippen molar-refractivity contribution < 1.29 is 9.18 Å². The molecule has 2 N–H and O–H groups in total. The van der Waals surface area contributed by atoms with E-state index >= 15 is 0 Å². The van der Waals surface area contributed by atoms with Gasteiger partial charge in [0.25, 0.3) is 0 Å². The first-order valence-electron chi connectivity index (χ1n) is 6.55. The van der Waals surface area contributed by atoms with Gasteiger partial charge < -0.3 is 10.6 Å². The lowest BCUT2D eigenvalue weighted by Crippen LogP contribution is -2.10. The third kappa shape index (κ3) is 4.29. The van der Waals surface area contributed by atoms with Crippen molar-refractivity contribution in [1.29, 1.82) is 0 Å². The Kier molecular flexibility index (Phi) is 4.96. The smallest absolute Gasteiger partial charge is 0.221 e. The Bertz CT molecular complexity index is 660. The Balaban J connectivity index is 2.18. The Labute approximate surface area is 131 Å². The van der Waals surface area contributed by atoms with Gasteiger partial charge in [0.05, 0.1) is 5.69 Å². The van der Waals surface area contributed by atoms with E-state index in [2.05, 4.69) is 26.6 Å². The van der Waals surface area contributed by atoms with Crippen LogP contribution in [0.25, 0.3) is 0 Å². The number of benzene rings is 2. The van der Waals surface area contributed by atoms with Gasteiger partial charge in [-0.2, -0.15) is 0 Å². The zero-order valence-electron chi connectivity index (χ0n) is 11.8. The predicted octanol–water partition coefficient (Wildman–Crippen LogP) is 4.72. The fourth-order valence-corrected chi connectivity index (χ4v) is 2.37. The van der Waals surface area contributed by atoms with Gasteiger partial charge in [-0.05, 0) is 42.8 Å². The summed E-state index contributed by atoms with van der Waals surface area (Å²) >= 11 is 3.33. The zero-order valence-corrected chi connectivity index (χ0v) is 13.4. The normalized spacial score (nSPS) is 11.8. The molecule has 0 radical (unpaired) electrons. The first-order chi connectivity index (χ1) is 9.95. The van der Waals surface area contributed by atoms with Crippen molar-refractivity contribution in [2.45, 2.75) is 19.9 Å². The van der Waals surface area contributed by atoms with Crippen molar-refractivity contribution in [2.24, 2.45) is 0 Å². The summed E-state index contributed by atoms with van der Waals surface area (Å²) < 4.78 is 14.6. The maximum atomic E-state index is 13.8. The van der Waals surface area contributed by atoms with Crippen LogP contribution in [0.4, 0.5) is 15.8 Å². The van der Waals surface area contributed by atoms with Crippen molar-refractivity contribution >= 4 is 33.2 Å². The number of carbonyl (C=O) groups excluding carboxylic acids is 1. The number of rotatable bonds is 4. The minimum Gasteiger partial charge on any atom is -0.376 e. The van der Waals surface area contributed by atoms with E-state index in [1.807, 2.05) is 31.2 Å². The maximum Gasteiger partial charge on any atom is 0.221 e. The molecule has 110 valence electrons. The summed E-state index contributed by atoms with van der Waals surface area (Å²) in [5, 5.41) is 5.87. The van der Waals surface area contributed by atoms with E-state index in [1.54, 1.807) is 12.1 Å². The van der Waals surface area contributed by atoms with Gasteiger partial charge in [-0.1, -0.05) is 28.1 Å². The molecule has 0 aliphatic rings. The summed E-state index contributed by atoms with van der Waals surface area (Å²) in [6.07, 6.45) is 0. The largest absolute Gasteiger partial charge is 0.376 e. The van der Waals surface area contributed by atoms with Crippen LogP contribution < -0.4 is 10.6 Å². The summed E-state index contributed by atoms with van der Waals surface area (Å²) in [5.74, 6) is -0.422. The Morgan fingerprint density at radius 3 is 2.71 bits per heavy atom. The molecule has 3 nitrogen and oxygen atoms in total. The number of amides is 1. The minimum absolute atomic E-state index is 0.0949. The molecule has 0 fully saturated rings. The van der Waals surface area contributed by atoms with Crippen molar-refractivity contribution in [1.82, 2.24) is 0 Å². The molecule has 0 saturated heterocycles. The lowest BCUT2D eigenvalue weighted by Gasteiger charge is -2.17. The average molecular weight is 351 g/mol. The fraction of sp³-hybridized carbons (Fsp3) is 0.188. The minimum atomic E-state index is -0.303. The molecule has 0 aliphatic carbocycles. The Morgan fingerprint density at radius 2 is 2.00 bits per heavy atom. The topological polar surface area (TPSA) is 41.1 Å². The number of halogens is 2. The van der Waals surface area contributed by atoms with E-state index in [4.69, 9.17) is 0 Å². The second kappa shape index (κ2) is 6.72. The first kappa shape index (κ1) is 15.5. The number of hydrogen-bond acceptors (Lipinski definition) is 2.